The van der Waals surface area contributed by atoms with Crippen LogP contribution < -0.4 is 10.7 Å². The summed E-state index contributed by atoms with van der Waals surface area (Å²) in [5.41, 5.74) is 5.79. The number of methoxy groups -OCH3 is 1. The molecule has 1 fully saturated rings. The molecular weight excluding hydrogens is 685 g/mol. The number of aliphatic hydroxyl groups excluding tert-OH is 1. The zero-order valence-corrected chi connectivity index (χ0v) is 28.3. The minimum Gasteiger partial charge on any atom is -0.468 e. The van der Waals surface area contributed by atoms with E-state index in [0.717, 1.165) is 37.8 Å². The van der Waals surface area contributed by atoms with E-state index in [1.807, 2.05) is 31.4 Å². The van der Waals surface area contributed by atoms with Crippen molar-refractivity contribution < 1.29 is 29.0 Å². The van der Waals surface area contributed by atoms with Crippen molar-refractivity contribution in [2.24, 2.45) is 5.41 Å². The molecule has 0 bridgehead atoms. The molecule has 2 atom stereocenters. The fraction of sp³-hybridized carbons (Fsp3) is 0.533. The number of ether oxygens (including phenoxy) is 2. The SMILES string of the molecule is COC(=O)[C@@H]1CCCN(C(=O)[C@H](Cc2nc(-c3ccc4[nH]c(I)c(CC(C)(C)CO)c4c3)cs2)NC(=O)OC(C)(C)C)N1. The Balaban J connectivity index is 1.58. The Kier molecular flexibility index (Phi) is 10.4. The number of alkyl carbamates (subject to hydrolysis) is 1. The number of aromatic nitrogens is 2. The lowest BCUT2D eigenvalue weighted by molar-refractivity contribution is -0.150. The standard InChI is InChI=1S/C30H40IN5O6S/c1-29(2,3)42-28(40)34-22(26(38)36-11-7-8-21(35-36)27(39)41-6)13-24-32-23(15-43-24)17-9-10-20-18(12-17)19(25(31)33-20)14-30(4,5)16-37/h9-10,12,15,21-22,33,35,37H,7-8,11,13-14,16H2,1-6H3,(H,34,40)/t21-,22-/m0/s1. The lowest BCUT2D eigenvalue weighted by Crippen LogP contribution is -2.60. The molecule has 1 saturated heterocycles. The van der Waals surface area contributed by atoms with Gasteiger partial charge in [-0.3, -0.25) is 14.6 Å². The zero-order chi connectivity index (χ0) is 31.5. The van der Waals surface area contributed by atoms with Crippen LogP contribution in [-0.4, -0.2) is 76.0 Å². The summed E-state index contributed by atoms with van der Waals surface area (Å²) in [5.74, 6) is -0.841. The average molecular weight is 726 g/mol. The highest BCUT2D eigenvalue weighted by atomic mass is 127. The second-order valence-electron chi connectivity index (χ2n) is 12.5. The van der Waals surface area contributed by atoms with Crippen LogP contribution in [0.2, 0.25) is 0 Å². The minimum atomic E-state index is -0.973. The van der Waals surface area contributed by atoms with E-state index in [4.69, 9.17) is 14.5 Å². The number of fused-ring (bicyclic) bond motifs is 1. The number of aromatic amines is 1. The van der Waals surface area contributed by atoms with Gasteiger partial charge in [0.2, 0.25) is 0 Å². The lowest BCUT2D eigenvalue weighted by atomic mass is 9.86. The summed E-state index contributed by atoms with van der Waals surface area (Å²) in [7, 11) is 1.31. The number of hydrogen-bond acceptors (Lipinski definition) is 9. The molecule has 3 heterocycles. The van der Waals surface area contributed by atoms with Crippen molar-refractivity contribution in [2.75, 3.05) is 20.3 Å². The summed E-state index contributed by atoms with van der Waals surface area (Å²) in [6, 6.07) is 4.51. The number of aliphatic hydroxyl groups is 1. The molecule has 2 aromatic heterocycles. The van der Waals surface area contributed by atoms with E-state index in [1.54, 1.807) is 20.8 Å². The number of nitrogens with one attached hydrogen (secondary N) is 3. The number of benzene rings is 1. The fourth-order valence-corrected chi connectivity index (χ4v) is 6.51. The van der Waals surface area contributed by atoms with Crippen molar-refractivity contribution >= 4 is 62.8 Å². The maximum atomic E-state index is 13.7. The van der Waals surface area contributed by atoms with E-state index >= 15 is 0 Å². The first-order valence-corrected chi connectivity index (χ1v) is 16.2. The number of rotatable bonds is 9. The Labute approximate surface area is 269 Å². The van der Waals surface area contributed by atoms with Gasteiger partial charge in [-0.25, -0.2) is 15.2 Å². The van der Waals surface area contributed by atoms with Crippen molar-refractivity contribution in [1.29, 1.82) is 0 Å². The van der Waals surface area contributed by atoms with Crippen LogP contribution in [0.4, 0.5) is 4.79 Å². The number of thiazole rings is 1. The topological polar surface area (TPSA) is 146 Å². The maximum absolute atomic E-state index is 13.7. The first kappa shape index (κ1) is 33.1. The Hall–Kier alpha value is -2.75. The summed E-state index contributed by atoms with van der Waals surface area (Å²) in [6.45, 7) is 9.80. The highest BCUT2D eigenvalue weighted by Gasteiger charge is 2.34. The molecule has 0 spiro atoms. The highest BCUT2D eigenvalue weighted by Crippen LogP contribution is 2.34. The number of carbonyl (C=O) groups is 3. The Morgan fingerprint density at radius 2 is 2.00 bits per heavy atom. The van der Waals surface area contributed by atoms with Crippen LogP contribution in [0, 0.1) is 9.12 Å². The second-order valence-corrected chi connectivity index (χ2v) is 14.6. The summed E-state index contributed by atoms with van der Waals surface area (Å²) < 4.78 is 11.3. The van der Waals surface area contributed by atoms with Crippen molar-refractivity contribution in [3.05, 3.63) is 37.9 Å². The van der Waals surface area contributed by atoms with Gasteiger partial charge >= 0.3 is 12.1 Å². The molecule has 234 valence electrons. The number of halogens is 1. The van der Waals surface area contributed by atoms with Crippen LogP contribution in [0.5, 0.6) is 0 Å². The summed E-state index contributed by atoms with van der Waals surface area (Å²) >= 11 is 3.70. The smallest absolute Gasteiger partial charge is 0.408 e. The van der Waals surface area contributed by atoms with E-state index in [-0.39, 0.29) is 18.4 Å². The van der Waals surface area contributed by atoms with Crippen LogP contribution in [0.3, 0.4) is 0 Å². The molecule has 0 aliphatic carbocycles. The van der Waals surface area contributed by atoms with Crippen LogP contribution in [-0.2, 0) is 31.9 Å². The van der Waals surface area contributed by atoms with Crippen LogP contribution in [0.15, 0.2) is 23.6 Å². The van der Waals surface area contributed by atoms with Crippen LogP contribution in [0.25, 0.3) is 22.2 Å². The number of carbonyl (C=O) groups excluding carboxylic acids is 3. The lowest BCUT2D eigenvalue weighted by Gasteiger charge is -2.34. The number of esters is 1. The van der Waals surface area contributed by atoms with E-state index in [9.17, 15) is 19.5 Å². The number of H-pyrrole nitrogens is 1. The van der Waals surface area contributed by atoms with Crippen molar-refractivity contribution in [3.63, 3.8) is 0 Å². The van der Waals surface area contributed by atoms with Crippen LogP contribution >= 0.6 is 33.9 Å². The normalized spacial score (nSPS) is 16.7. The largest absolute Gasteiger partial charge is 0.468 e. The van der Waals surface area contributed by atoms with Crippen molar-refractivity contribution in [1.82, 2.24) is 25.7 Å². The first-order chi connectivity index (χ1) is 20.2. The highest BCUT2D eigenvalue weighted by molar-refractivity contribution is 14.1. The number of hydrazine groups is 1. The van der Waals surface area contributed by atoms with Gasteiger partial charge in [-0.2, -0.15) is 0 Å². The van der Waals surface area contributed by atoms with Crippen molar-refractivity contribution in [3.8, 4) is 11.3 Å². The molecule has 2 amide bonds. The molecule has 13 heteroatoms. The van der Waals surface area contributed by atoms with Crippen molar-refractivity contribution in [2.45, 2.75) is 78.0 Å². The van der Waals surface area contributed by atoms with Gasteiger partial charge in [0, 0.05) is 41.4 Å². The first-order valence-electron chi connectivity index (χ1n) is 14.2. The summed E-state index contributed by atoms with van der Waals surface area (Å²) in [6.07, 6.45) is 1.30. The predicted octanol–water partition coefficient (Wildman–Crippen LogP) is 4.56. The van der Waals surface area contributed by atoms with Gasteiger partial charge < -0.3 is 24.9 Å². The quantitative estimate of drug-likeness (QED) is 0.186. The second kappa shape index (κ2) is 13.5. The average Bonchev–Trinajstić information content (AvgIpc) is 3.54. The summed E-state index contributed by atoms with van der Waals surface area (Å²) in [4.78, 5) is 46.8. The summed E-state index contributed by atoms with van der Waals surface area (Å²) in [5, 5.41) is 17.6. The van der Waals surface area contributed by atoms with Gasteiger partial charge in [0.1, 0.15) is 17.7 Å². The third kappa shape index (κ3) is 8.46. The third-order valence-electron chi connectivity index (χ3n) is 7.09. The van der Waals surface area contributed by atoms with E-state index < -0.39 is 35.7 Å². The monoisotopic (exact) mass is 725 g/mol. The molecule has 4 N–H and O–H groups in total. The zero-order valence-electron chi connectivity index (χ0n) is 25.4. The van der Waals surface area contributed by atoms with Gasteiger partial charge in [-0.05, 0) is 85.7 Å². The molecule has 0 unspecified atom stereocenters. The fourth-order valence-electron chi connectivity index (χ4n) is 4.89. The molecule has 11 nitrogen and oxygen atoms in total. The van der Waals surface area contributed by atoms with E-state index in [1.165, 1.54) is 23.5 Å². The third-order valence-corrected chi connectivity index (χ3v) is 8.88. The molecule has 43 heavy (non-hydrogen) atoms. The molecule has 0 radical (unpaired) electrons. The van der Waals surface area contributed by atoms with Gasteiger partial charge in [0.15, 0.2) is 0 Å². The minimum absolute atomic E-state index is 0.0817. The molecule has 3 aromatic rings. The number of hydrogen-bond donors (Lipinski definition) is 4. The number of amides is 2. The molecule has 4 rings (SSSR count). The van der Waals surface area contributed by atoms with E-state index in [0.29, 0.717) is 24.4 Å². The molecule has 0 saturated carbocycles. The van der Waals surface area contributed by atoms with Gasteiger partial charge in [0.05, 0.1) is 21.5 Å². The van der Waals surface area contributed by atoms with Gasteiger partial charge in [-0.1, -0.05) is 19.9 Å². The van der Waals surface area contributed by atoms with E-state index in [2.05, 4.69) is 44.4 Å². The Bertz CT molecular complexity index is 1480. The van der Waals surface area contributed by atoms with Crippen LogP contribution in [0.1, 0.15) is 58.0 Å². The Morgan fingerprint density at radius 1 is 1.26 bits per heavy atom. The predicted molar refractivity (Wildman–Crippen MR) is 173 cm³/mol. The molecule has 1 aliphatic heterocycles. The van der Waals surface area contributed by atoms with Gasteiger partial charge in [0.25, 0.3) is 5.91 Å². The molecule has 1 aliphatic rings. The maximum Gasteiger partial charge on any atom is 0.408 e. The molecule has 1 aromatic carbocycles. The molecular formula is C30H40IN5O6S. The van der Waals surface area contributed by atoms with Gasteiger partial charge in [-0.15, -0.1) is 11.3 Å². The number of nitrogens with zero attached hydrogens (tertiary/aromatic N) is 2. The Morgan fingerprint density at radius 3 is 2.67 bits per heavy atom.